The highest BCUT2D eigenvalue weighted by molar-refractivity contribution is 5.78. The third-order valence-corrected chi connectivity index (χ3v) is 5.63. The van der Waals surface area contributed by atoms with Gasteiger partial charge in [0.2, 0.25) is 0 Å². The minimum Gasteiger partial charge on any atom is -0.481 e. The van der Waals surface area contributed by atoms with Gasteiger partial charge in [0.1, 0.15) is 0 Å². The van der Waals surface area contributed by atoms with E-state index >= 15 is 0 Å². The lowest BCUT2D eigenvalue weighted by molar-refractivity contribution is -0.144. The molecule has 0 saturated heterocycles. The van der Waals surface area contributed by atoms with Gasteiger partial charge in [0.15, 0.2) is 0 Å². The predicted molar refractivity (Wildman–Crippen MR) is 88.4 cm³/mol. The van der Waals surface area contributed by atoms with Crippen molar-refractivity contribution in [2.75, 3.05) is 13.1 Å². The van der Waals surface area contributed by atoms with E-state index in [2.05, 4.69) is 5.32 Å². The normalized spacial score (nSPS) is 20.2. The van der Waals surface area contributed by atoms with Crippen LogP contribution in [0.5, 0.6) is 0 Å². The van der Waals surface area contributed by atoms with Gasteiger partial charge >= 0.3 is 11.9 Å². The summed E-state index contributed by atoms with van der Waals surface area (Å²) >= 11 is 0. The summed E-state index contributed by atoms with van der Waals surface area (Å²) < 4.78 is 0. The van der Waals surface area contributed by atoms with Gasteiger partial charge in [-0.15, -0.1) is 0 Å². The third-order valence-electron chi connectivity index (χ3n) is 5.63. The molecular weight excluding hydrogens is 294 g/mol. The van der Waals surface area contributed by atoms with Gasteiger partial charge in [-0.25, -0.2) is 0 Å². The molecule has 0 radical (unpaired) electrons. The molecule has 3 N–H and O–H groups in total. The van der Waals surface area contributed by atoms with Gasteiger partial charge in [0, 0.05) is 0 Å². The van der Waals surface area contributed by atoms with Crippen molar-refractivity contribution in [1.82, 2.24) is 5.32 Å². The van der Waals surface area contributed by atoms with Gasteiger partial charge in [-0.05, 0) is 64.5 Å². The first kappa shape index (κ1) is 18.2. The van der Waals surface area contributed by atoms with Gasteiger partial charge in [-0.1, -0.05) is 25.7 Å². The van der Waals surface area contributed by atoms with Gasteiger partial charge in [0.05, 0.1) is 10.8 Å². The molecule has 0 bridgehead atoms. The van der Waals surface area contributed by atoms with Crippen molar-refractivity contribution < 1.29 is 19.8 Å². The second kappa shape index (κ2) is 8.13. The van der Waals surface area contributed by atoms with Crippen LogP contribution in [0.15, 0.2) is 0 Å². The number of aliphatic carboxylic acids is 2. The van der Waals surface area contributed by atoms with E-state index in [0.29, 0.717) is 0 Å². The SMILES string of the molecule is O=C(O)C1(CCCCCNCCCCCC2(C(=O)O)CC2)CC1. The predicted octanol–water partition coefficient (Wildman–Crippen LogP) is 3.43. The van der Waals surface area contributed by atoms with Crippen LogP contribution >= 0.6 is 0 Å². The lowest BCUT2D eigenvalue weighted by Crippen LogP contribution is -2.18. The first-order chi connectivity index (χ1) is 11.0. The van der Waals surface area contributed by atoms with Crippen LogP contribution in [0.2, 0.25) is 0 Å². The minimum absolute atomic E-state index is 0.359. The lowest BCUT2D eigenvalue weighted by Gasteiger charge is -2.10. The second-order valence-electron chi connectivity index (χ2n) is 7.54. The monoisotopic (exact) mass is 325 g/mol. The van der Waals surface area contributed by atoms with Crippen LogP contribution in [-0.2, 0) is 9.59 Å². The number of unbranched alkanes of at least 4 members (excludes halogenated alkanes) is 4. The molecular formula is C18H31NO4. The standard InChI is InChI=1S/C18H31NO4/c20-15(21)17(9-10-17)7-3-1-5-13-19-14-6-2-4-8-18(11-12-18)16(22)23/h19H,1-14H2,(H,20,21)(H,22,23). The molecule has 0 aromatic heterocycles. The molecule has 0 amide bonds. The molecule has 0 unspecified atom stereocenters. The maximum atomic E-state index is 11.0. The van der Waals surface area contributed by atoms with Crippen LogP contribution in [-0.4, -0.2) is 35.2 Å². The van der Waals surface area contributed by atoms with Crippen molar-refractivity contribution >= 4 is 11.9 Å². The molecule has 2 fully saturated rings. The number of hydrogen-bond donors (Lipinski definition) is 3. The van der Waals surface area contributed by atoms with Crippen molar-refractivity contribution in [3.8, 4) is 0 Å². The molecule has 0 aliphatic heterocycles. The molecule has 0 spiro atoms. The summed E-state index contributed by atoms with van der Waals surface area (Å²) in [5, 5.41) is 21.6. The van der Waals surface area contributed by atoms with Gasteiger partial charge in [0.25, 0.3) is 0 Å². The summed E-state index contributed by atoms with van der Waals surface area (Å²) in [5.41, 5.74) is -0.718. The van der Waals surface area contributed by atoms with Crippen LogP contribution in [0.25, 0.3) is 0 Å². The zero-order chi connectivity index (χ0) is 16.8. The first-order valence-electron chi connectivity index (χ1n) is 9.18. The maximum absolute atomic E-state index is 11.0. The van der Waals surface area contributed by atoms with E-state index in [1.807, 2.05) is 0 Å². The molecule has 0 atom stereocenters. The van der Waals surface area contributed by atoms with E-state index in [1.54, 1.807) is 0 Å². The Hall–Kier alpha value is -1.10. The molecule has 2 rings (SSSR count). The molecule has 0 heterocycles. The van der Waals surface area contributed by atoms with Crippen LogP contribution in [0, 0.1) is 10.8 Å². The fourth-order valence-corrected chi connectivity index (χ4v) is 3.35. The molecule has 23 heavy (non-hydrogen) atoms. The number of carboxylic acids is 2. The Labute approximate surface area is 138 Å². The van der Waals surface area contributed by atoms with E-state index in [9.17, 15) is 9.59 Å². The molecule has 5 heteroatoms. The maximum Gasteiger partial charge on any atom is 0.309 e. The van der Waals surface area contributed by atoms with Crippen molar-refractivity contribution in [1.29, 1.82) is 0 Å². The fourth-order valence-electron chi connectivity index (χ4n) is 3.35. The van der Waals surface area contributed by atoms with Gasteiger partial charge < -0.3 is 15.5 Å². The summed E-state index contributed by atoms with van der Waals surface area (Å²) in [7, 11) is 0. The number of carbonyl (C=O) groups is 2. The van der Waals surface area contributed by atoms with Crippen LogP contribution in [0.1, 0.15) is 77.0 Å². The van der Waals surface area contributed by atoms with Crippen molar-refractivity contribution in [3.63, 3.8) is 0 Å². The summed E-state index contributed by atoms with van der Waals surface area (Å²) in [6.07, 6.45) is 11.6. The van der Waals surface area contributed by atoms with E-state index in [1.165, 1.54) is 0 Å². The van der Waals surface area contributed by atoms with Crippen LogP contribution in [0.4, 0.5) is 0 Å². The highest BCUT2D eigenvalue weighted by Gasteiger charge is 2.49. The average Bonchev–Trinajstić information content (AvgIpc) is 3.39. The zero-order valence-electron chi connectivity index (χ0n) is 14.1. The Kier molecular flexibility index (Phi) is 6.45. The summed E-state index contributed by atoms with van der Waals surface area (Å²) in [5.74, 6) is -1.21. The Morgan fingerprint density at radius 2 is 1.09 bits per heavy atom. The average molecular weight is 325 g/mol. The fraction of sp³-hybridized carbons (Fsp3) is 0.889. The third kappa shape index (κ3) is 5.48. The lowest BCUT2D eigenvalue weighted by atomic mass is 9.98. The van der Waals surface area contributed by atoms with E-state index < -0.39 is 11.9 Å². The van der Waals surface area contributed by atoms with Gasteiger partial charge in [-0.3, -0.25) is 9.59 Å². The minimum atomic E-state index is -0.605. The summed E-state index contributed by atoms with van der Waals surface area (Å²) in [4.78, 5) is 22.1. The highest BCUT2D eigenvalue weighted by atomic mass is 16.4. The number of rotatable bonds is 14. The summed E-state index contributed by atoms with van der Waals surface area (Å²) in [6.45, 7) is 2.00. The van der Waals surface area contributed by atoms with E-state index in [-0.39, 0.29) is 10.8 Å². The Morgan fingerprint density at radius 3 is 1.39 bits per heavy atom. The van der Waals surface area contributed by atoms with Crippen LogP contribution in [0.3, 0.4) is 0 Å². The molecule has 2 saturated carbocycles. The molecule has 132 valence electrons. The van der Waals surface area contributed by atoms with E-state index in [4.69, 9.17) is 10.2 Å². The van der Waals surface area contributed by atoms with Crippen molar-refractivity contribution in [2.24, 2.45) is 10.8 Å². The Bertz CT molecular complexity index is 375. The number of carboxylic acid groups (broad SMARTS) is 2. The molecule has 0 aromatic carbocycles. The second-order valence-corrected chi connectivity index (χ2v) is 7.54. The largest absolute Gasteiger partial charge is 0.481 e. The Balaban J connectivity index is 1.34. The van der Waals surface area contributed by atoms with Crippen molar-refractivity contribution in [3.05, 3.63) is 0 Å². The topological polar surface area (TPSA) is 86.6 Å². The first-order valence-corrected chi connectivity index (χ1v) is 9.18. The molecule has 5 nitrogen and oxygen atoms in total. The quantitative estimate of drug-likeness (QED) is 0.426. The van der Waals surface area contributed by atoms with Crippen LogP contribution < -0.4 is 5.32 Å². The Morgan fingerprint density at radius 1 is 0.696 bits per heavy atom. The summed E-state index contributed by atoms with van der Waals surface area (Å²) in [6, 6.07) is 0. The molecule has 2 aliphatic carbocycles. The number of nitrogens with one attached hydrogen (secondary N) is 1. The molecule has 0 aromatic rings. The number of hydrogen-bond acceptors (Lipinski definition) is 3. The highest BCUT2D eigenvalue weighted by Crippen LogP contribution is 2.50. The molecule has 2 aliphatic rings. The smallest absolute Gasteiger partial charge is 0.309 e. The van der Waals surface area contributed by atoms with Crippen molar-refractivity contribution in [2.45, 2.75) is 77.0 Å². The van der Waals surface area contributed by atoms with E-state index in [0.717, 1.165) is 90.1 Å². The van der Waals surface area contributed by atoms with Gasteiger partial charge in [-0.2, -0.15) is 0 Å². The zero-order valence-corrected chi connectivity index (χ0v) is 14.1.